The summed E-state index contributed by atoms with van der Waals surface area (Å²) in [5, 5.41) is 3.13. The van der Waals surface area contributed by atoms with Crippen LogP contribution in [0.4, 0.5) is 0 Å². The van der Waals surface area contributed by atoms with Crippen LogP contribution in [0.15, 0.2) is 47.4 Å². The van der Waals surface area contributed by atoms with Gasteiger partial charge in [0.05, 0.1) is 5.92 Å². The Morgan fingerprint density at radius 1 is 1.25 bits per heavy atom. The summed E-state index contributed by atoms with van der Waals surface area (Å²) in [6, 6.07) is 10.1. The Morgan fingerprint density at radius 2 is 2.04 bits per heavy atom. The van der Waals surface area contributed by atoms with E-state index in [0.29, 0.717) is 30.7 Å². The first-order valence-corrected chi connectivity index (χ1v) is 9.32. The first-order chi connectivity index (χ1) is 11.8. The average Bonchev–Trinajstić information content (AvgIpc) is 3.29. The van der Waals surface area contributed by atoms with Crippen LogP contribution < -0.4 is 0 Å². The van der Waals surface area contributed by atoms with Crippen LogP contribution in [0.3, 0.4) is 0 Å². The summed E-state index contributed by atoms with van der Waals surface area (Å²) in [4.78, 5) is 15.9. The number of allylic oxidation sites excluding steroid dienone is 2. The number of hydrogen-bond donors (Lipinski definition) is 0. The van der Waals surface area contributed by atoms with Crippen LogP contribution in [0.2, 0.25) is 0 Å². The smallest absolute Gasteiger partial charge is 0.228 e. The molecule has 3 nitrogen and oxygen atoms in total. The zero-order valence-electron chi connectivity index (χ0n) is 13.7. The molecular weight excluding hydrogens is 318 g/mol. The summed E-state index contributed by atoms with van der Waals surface area (Å²) in [7, 11) is 1.72. The van der Waals surface area contributed by atoms with Crippen LogP contribution in [-0.4, -0.2) is 30.7 Å². The van der Waals surface area contributed by atoms with E-state index in [4.69, 9.17) is 4.74 Å². The van der Waals surface area contributed by atoms with Crippen molar-refractivity contribution in [2.24, 2.45) is 23.7 Å². The van der Waals surface area contributed by atoms with E-state index in [1.165, 1.54) is 11.8 Å². The summed E-state index contributed by atoms with van der Waals surface area (Å²) >= 11 is 1.53. The van der Waals surface area contributed by atoms with E-state index < -0.39 is 0 Å². The Morgan fingerprint density at radius 3 is 2.83 bits per heavy atom. The number of amides is 1. The molecule has 2 bridgehead atoms. The van der Waals surface area contributed by atoms with E-state index in [0.717, 1.165) is 11.3 Å². The molecule has 5 atom stereocenters. The third kappa shape index (κ3) is 2.66. The Balaban J connectivity index is 1.36. The Hall–Kier alpha value is -1.70. The lowest BCUT2D eigenvalue weighted by atomic mass is 9.85. The van der Waals surface area contributed by atoms with Crippen LogP contribution in [0.1, 0.15) is 12.8 Å². The van der Waals surface area contributed by atoms with Crippen molar-refractivity contribution in [1.82, 2.24) is 4.90 Å². The molecule has 1 amide bonds. The summed E-state index contributed by atoms with van der Waals surface area (Å²) in [6.45, 7) is 0.659. The SMILES string of the molecule is CO[C@H]1[C@H]2[C@@H](C(=O)N1CCC#CSc1ccccc1)[C@H]1C=C[C@@H]2C1. The molecular formula is C20H21NO2S. The lowest BCUT2D eigenvalue weighted by molar-refractivity contribution is -0.138. The van der Waals surface area contributed by atoms with Crippen molar-refractivity contribution in [3.05, 3.63) is 42.5 Å². The van der Waals surface area contributed by atoms with E-state index in [-0.39, 0.29) is 18.1 Å². The number of rotatable bonds is 4. The molecule has 0 N–H and O–H groups in total. The molecule has 0 aromatic heterocycles. The molecule has 1 heterocycles. The number of likely N-dealkylation sites (tertiary alicyclic amines) is 1. The van der Waals surface area contributed by atoms with Gasteiger partial charge in [0.2, 0.25) is 5.91 Å². The molecule has 124 valence electrons. The zero-order chi connectivity index (χ0) is 16.5. The highest BCUT2D eigenvalue weighted by molar-refractivity contribution is 8.03. The van der Waals surface area contributed by atoms with Gasteiger partial charge in [-0.15, -0.1) is 0 Å². The van der Waals surface area contributed by atoms with Gasteiger partial charge in [0, 0.05) is 30.9 Å². The molecule has 2 aliphatic carbocycles. The van der Waals surface area contributed by atoms with Crippen molar-refractivity contribution in [1.29, 1.82) is 0 Å². The number of methoxy groups -OCH3 is 1. The maximum atomic E-state index is 12.8. The molecule has 1 aromatic rings. The van der Waals surface area contributed by atoms with Gasteiger partial charge in [-0.3, -0.25) is 4.79 Å². The highest BCUT2D eigenvalue weighted by Crippen LogP contribution is 2.54. The van der Waals surface area contributed by atoms with Crippen LogP contribution in [0, 0.1) is 34.8 Å². The number of thioether (sulfide) groups is 1. The summed E-state index contributed by atoms with van der Waals surface area (Å²) in [5.41, 5.74) is 0. The topological polar surface area (TPSA) is 29.5 Å². The Labute approximate surface area is 147 Å². The molecule has 4 heteroatoms. The second-order valence-electron chi connectivity index (χ2n) is 6.65. The third-order valence-corrected chi connectivity index (χ3v) is 6.18. The normalized spacial score (nSPS) is 32.8. The van der Waals surface area contributed by atoms with Crippen molar-refractivity contribution in [2.45, 2.75) is 24.0 Å². The Kier molecular flexibility index (Phi) is 4.39. The minimum absolute atomic E-state index is 0.0778. The lowest BCUT2D eigenvalue weighted by Gasteiger charge is -2.28. The minimum Gasteiger partial charge on any atom is -0.361 e. The van der Waals surface area contributed by atoms with E-state index in [1.54, 1.807) is 7.11 Å². The molecule has 3 aliphatic rings. The van der Waals surface area contributed by atoms with Gasteiger partial charge in [0.1, 0.15) is 6.23 Å². The van der Waals surface area contributed by atoms with Gasteiger partial charge in [-0.1, -0.05) is 36.3 Å². The minimum atomic E-state index is -0.0778. The van der Waals surface area contributed by atoms with Gasteiger partial charge in [-0.25, -0.2) is 0 Å². The number of nitrogens with zero attached hydrogens (tertiary/aromatic N) is 1. The van der Waals surface area contributed by atoms with Crippen molar-refractivity contribution in [3.8, 4) is 11.2 Å². The van der Waals surface area contributed by atoms with E-state index in [1.807, 2.05) is 35.2 Å². The quantitative estimate of drug-likeness (QED) is 0.478. The first kappa shape index (κ1) is 15.8. The summed E-state index contributed by atoms with van der Waals surface area (Å²) in [6.07, 6.45) is 6.25. The van der Waals surface area contributed by atoms with Gasteiger partial charge in [0.15, 0.2) is 0 Å². The number of benzene rings is 1. The predicted molar refractivity (Wildman–Crippen MR) is 94.9 cm³/mol. The van der Waals surface area contributed by atoms with Crippen LogP contribution in [-0.2, 0) is 9.53 Å². The van der Waals surface area contributed by atoms with Crippen LogP contribution in [0.5, 0.6) is 0 Å². The van der Waals surface area contributed by atoms with Crippen LogP contribution in [0.25, 0.3) is 0 Å². The van der Waals surface area contributed by atoms with Crippen molar-refractivity contribution < 1.29 is 9.53 Å². The standard InChI is InChI=1S/C20H21NO2S/c1-23-20-18-15-10-9-14(13-15)17(18)19(22)21(20)11-5-6-12-24-16-7-3-2-4-8-16/h2-4,7-10,14-15,17-18,20H,5,11,13H2,1H3/t14-,15+,17-,18+,20-/m0/s1. The molecule has 1 saturated heterocycles. The Bertz CT molecular complexity index is 705. The number of carbonyl (C=O) groups excluding carboxylic acids is 1. The highest BCUT2D eigenvalue weighted by atomic mass is 32.2. The molecule has 1 saturated carbocycles. The molecule has 4 rings (SSSR count). The zero-order valence-corrected chi connectivity index (χ0v) is 14.5. The molecule has 1 aromatic carbocycles. The fraction of sp³-hybridized carbons (Fsp3) is 0.450. The number of ether oxygens (including phenoxy) is 1. The van der Waals surface area contributed by atoms with Gasteiger partial charge in [-0.05, 0) is 47.4 Å². The molecule has 2 fully saturated rings. The third-order valence-electron chi connectivity index (χ3n) is 5.43. The second-order valence-corrected chi connectivity index (χ2v) is 7.53. The largest absolute Gasteiger partial charge is 0.361 e. The fourth-order valence-electron chi connectivity index (χ4n) is 4.45. The van der Waals surface area contributed by atoms with Gasteiger partial charge < -0.3 is 9.64 Å². The molecule has 0 radical (unpaired) electrons. The monoisotopic (exact) mass is 339 g/mol. The van der Waals surface area contributed by atoms with E-state index in [2.05, 4.69) is 23.3 Å². The lowest BCUT2D eigenvalue weighted by Crippen LogP contribution is -2.38. The van der Waals surface area contributed by atoms with E-state index >= 15 is 0 Å². The number of hydrogen-bond acceptors (Lipinski definition) is 3. The van der Waals surface area contributed by atoms with Crippen molar-refractivity contribution in [3.63, 3.8) is 0 Å². The van der Waals surface area contributed by atoms with Gasteiger partial charge >= 0.3 is 0 Å². The molecule has 1 aliphatic heterocycles. The molecule has 0 spiro atoms. The van der Waals surface area contributed by atoms with Gasteiger partial charge in [0.25, 0.3) is 0 Å². The van der Waals surface area contributed by atoms with Crippen molar-refractivity contribution in [2.75, 3.05) is 13.7 Å². The fourth-order valence-corrected chi connectivity index (χ4v) is 5.04. The second kappa shape index (κ2) is 6.66. The highest BCUT2D eigenvalue weighted by Gasteiger charge is 2.59. The number of fused-ring (bicyclic) bond motifs is 5. The van der Waals surface area contributed by atoms with Crippen LogP contribution >= 0.6 is 11.8 Å². The maximum absolute atomic E-state index is 12.8. The first-order valence-electron chi connectivity index (χ1n) is 8.51. The number of carbonyl (C=O) groups is 1. The average molecular weight is 339 g/mol. The molecule has 24 heavy (non-hydrogen) atoms. The maximum Gasteiger partial charge on any atom is 0.228 e. The summed E-state index contributed by atoms with van der Waals surface area (Å²) < 4.78 is 5.70. The van der Waals surface area contributed by atoms with Crippen molar-refractivity contribution >= 4 is 17.7 Å². The van der Waals surface area contributed by atoms with E-state index in [9.17, 15) is 4.79 Å². The predicted octanol–water partition coefficient (Wildman–Crippen LogP) is 3.38. The van der Waals surface area contributed by atoms with Gasteiger partial charge in [-0.2, -0.15) is 0 Å². The molecule has 0 unspecified atom stereocenters. The summed E-state index contributed by atoms with van der Waals surface area (Å²) in [5.74, 6) is 4.85.